The minimum Gasteiger partial charge on any atom is -0.395 e. The van der Waals surface area contributed by atoms with Gasteiger partial charge in [-0.2, -0.15) is 0 Å². The maximum Gasteiger partial charge on any atom is 0.0558 e. The number of nitrogens with one attached hydrogen (secondary N) is 1. The van der Waals surface area contributed by atoms with Crippen LogP contribution in [0.5, 0.6) is 0 Å². The van der Waals surface area contributed by atoms with Gasteiger partial charge in [-0.1, -0.05) is 6.07 Å². The van der Waals surface area contributed by atoms with Gasteiger partial charge in [-0.3, -0.25) is 4.90 Å². The maximum atomic E-state index is 9.03. The SMILES string of the molecule is CNC1CC(c2cccs2)CN(CCO)C1. The molecule has 0 aromatic carbocycles. The molecule has 90 valence electrons. The first-order valence-electron chi connectivity index (χ1n) is 5.87. The fraction of sp³-hybridized carbons (Fsp3) is 0.667. The number of nitrogens with zero attached hydrogens (tertiary/aromatic N) is 1. The van der Waals surface area contributed by atoms with E-state index in [1.807, 2.05) is 18.4 Å². The number of aliphatic hydroxyl groups excluding tert-OH is 1. The molecule has 2 N–H and O–H groups in total. The first kappa shape index (κ1) is 12.0. The number of hydrogen-bond acceptors (Lipinski definition) is 4. The Labute approximate surface area is 101 Å². The third-order valence-electron chi connectivity index (χ3n) is 3.30. The summed E-state index contributed by atoms with van der Waals surface area (Å²) in [5, 5.41) is 14.5. The minimum atomic E-state index is 0.258. The molecule has 0 saturated carbocycles. The van der Waals surface area contributed by atoms with Crippen molar-refractivity contribution in [2.24, 2.45) is 0 Å². The predicted octanol–water partition coefficient (Wildman–Crippen LogP) is 1.12. The molecule has 0 bridgehead atoms. The van der Waals surface area contributed by atoms with Gasteiger partial charge in [-0.15, -0.1) is 11.3 Å². The van der Waals surface area contributed by atoms with Crippen molar-refractivity contribution in [3.8, 4) is 0 Å². The van der Waals surface area contributed by atoms with E-state index in [9.17, 15) is 0 Å². The summed E-state index contributed by atoms with van der Waals surface area (Å²) >= 11 is 1.85. The minimum absolute atomic E-state index is 0.258. The van der Waals surface area contributed by atoms with Crippen molar-refractivity contribution in [3.63, 3.8) is 0 Å². The van der Waals surface area contributed by atoms with Crippen molar-refractivity contribution in [3.05, 3.63) is 22.4 Å². The second kappa shape index (κ2) is 5.77. The van der Waals surface area contributed by atoms with Crippen LogP contribution in [-0.4, -0.2) is 49.3 Å². The number of likely N-dealkylation sites (tertiary alicyclic amines) is 1. The number of β-amino-alcohol motifs (C(OH)–C–C–N with tert-alkyl or cyclic N) is 1. The molecular weight excluding hydrogens is 220 g/mol. The molecule has 2 atom stereocenters. The molecule has 1 aromatic heterocycles. The van der Waals surface area contributed by atoms with Crippen LogP contribution in [0, 0.1) is 0 Å². The fourth-order valence-corrected chi connectivity index (χ4v) is 3.29. The summed E-state index contributed by atoms with van der Waals surface area (Å²) in [5.74, 6) is 0.623. The first-order chi connectivity index (χ1) is 7.83. The fourth-order valence-electron chi connectivity index (χ4n) is 2.45. The van der Waals surface area contributed by atoms with E-state index in [-0.39, 0.29) is 6.61 Å². The highest BCUT2D eigenvalue weighted by atomic mass is 32.1. The number of piperidine rings is 1. The van der Waals surface area contributed by atoms with Crippen molar-refractivity contribution >= 4 is 11.3 Å². The normalized spacial score (nSPS) is 27.1. The van der Waals surface area contributed by atoms with Gasteiger partial charge in [0.2, 0.25) is 0 Å². The molecule has 0 spiro atoms. The average Bonchev–Trinajstić information content (AvgIpc) is 2.82. The van der Waals surface area contributed by atoms with E-state index in [1.54, 1.807) is 0 Å². The molecule has 1 aliphatic heterocycles. The van der Waals surface area contributed by atoms with Crippen molar-refractivity contribution in [1.29, 1.82) is 0 Å². The second-order valence-electron chi connectivity index (χ2n) is 4.42. The Morgan fingerprint density at radius 1 is 1.56 bits per heavy atom. The predicted molar refractivity (Wildman–Crippen MR) is 68.1 cm³/mol. The standard InChI is InChI=1S/C12H20N2OS/c1-13-11-7-10(12-3-2-6-16-12)8-14(9-11)4-5-15/h2-3,6,10-11,13,15H,4-5,7-9H2,1H3. The van der Waals surface area contributed by atoms with Gasteiger partial charge in [0.1, 0.15) is 0 Å². The number of aliphatic hydroxyl groups is 1. The number of hydrogen-bond donors (Lipinski definition) is 2. The zero-order chi connectivity index (χ0) is 11.4. The van der Waals surface area contributed by atoms with Crippen LogP contribution < -0.4 is 5.32 Å². The highest BCUT2D eigenvalue weighted by Gasteiger charge is 2.27. The number of likely N-dealkylation sites (N-methyl/N-ethyl adjacent to an activating group) is 1. The lowest BCUT2D eigenvalue weighted by atomic mass is 9.93. The second-order valence-corrected chi connectivity index (χ2v) is 5.40. The molecule has 1 fully saturated rings. The Hall–Kier alpha value is -0.420. The number of thiophene rings is 1. The van der Waals surface area contributed by atoms with E-state index in [0.717, 1.165) is 19.6 Å². The largest absolute Gasteiger partial charge is 0.395 e. The summed E-state index contributed by atoms with van der Waals surface area (Å²) in [5.41, 5.74) is 0. The smallest absolute Gasteiger partial charge is 0.0558 e. The average molecular weight is 240 g/mol. The Morgan fingerprint density at radius 2 is 2.44 bits per heavy atom. The third-order valence-corrected chi connectivity index (χ3v) is 4.33. The van der Waals surface area contributed by atoms with Crippen LogP contribution in [-0.2, 0) is 0 Å². The van der Waals surface area contributed by atoms with Crippen LogP contribution in [0.15, 0.2) is 17.5 Å². The summed E-state index contributed by atoms with van der Waals surface area (Å²) in [6.45, 7) is 3.19. The van der Waals surface area contributed by atoms with E-state index in [1.165, 1.54) is 11.3 Å². The summed E-state index contributed by atoms with van der Waals surface area (Å²) in [7, 11) is 2.03. The molecule has 0 aliphatic carbocycles. The zero-order valence-corrected chi connectivity index (χ0v) is 10.5. The molecule has 4 heteroatoms. The molecular formula is C12H20N2OS. The van der Waals surface area contributed by atoms with Crippen LogP contribution in [0.4, 0.5) is 0 Å². The van der Waals surface area contributed by atoms with Crippen LogP contribution in [0.2, 0.25) is 0 Å². The van der Waals surface area contributed by atoms with E-state index >= 15 is 0 Å². The molecule has 2 unspecified atom stereocenters. The van der Waals surface area contributed by atoms with Crippen LogP contribution in [0.1, 0.15) is 17.2 Å². The summed E-state index contributed by atoms with van der Waals surface area (Å²) in [6, 6.07) is 4.90. The molecule has 1 saturated heterocycles. The summed E-state index contributed by atoms with van der Waals surface area (Å²) in [4.78, 5) is 3.83. The van der Waals surface area contributed by atoms with Gasteiger partial charge >= 0.3 is 0 Å². The van der Waals surface area contributed by atoms with Crippen molar-refractivity contribution < 1.29 is 5.11 Å². The van der Waals surface area contributed by atoms with Gasteiger partial charge in [0.25, 0.3) is 0 Å². The van der Waals surface area contributed by atoms with Gasteiger partial charge in [-0.25, -0.2) is 0 Å². The lowest BCUT2D eigenvalue weighted by Crippen LogP contribution is -2.48. The number of rotatable bonds is 4. The zero-order valence-electron chi connectivity index (χ0n) is 9.72. The molecule has 16 heavy (non-hydrogen) atoms. The van der Waals surface area contributed by atoms with Crippen molar-refractivity contribution in [2.75, 3.05) is 33.3 Å². The molecule has 2 rings (SSSR count). The van der Waals surface area contributed by atoms with Crippen LogP contribution in [0.25, 0.3) is 0 Å². The molecule has 1 aromatic rings. The summed E-state index contributed by atoms with van der Waals surface area (Å²) < 4.78 is 0. The third kappa shape index (κ3) is 2.83. The first-order valence-corrected chi connectivity index (χ1v) is 6.75. The quantitative estimate of drug-likeness (QED) is 0.828. The Balaban J connectivity index is 2.02. The van der Waals surface area contributed by atoms with E-state index in [4.69, 9.17) is 5.11 Å². The highest BCUT2D eigenvalue weighted by molar-refractivity contribution is 7.10. The lowest BCUT2D eigenvalue weighted by molar-refractivity contribution is 0.142. The van der Waals surface area contributed by atoms with Gasteiger partial charge in [0.05, 0.1) is 6.61 Å². The maximum absolute atomic E-state index is 9.03. The Bertz CT molecular complexity index is 302. The van der Waals surface area contributed by atoms with E-state index < -0.39 is 0 Å². The molecule has 1 aliphatic rings. The van der Waals surface area contributed by atoms with Crippen LogP contribution in [0.3, 0.4) is 0 Å². The monoisotopic (exact) mass is 240 g/mol. The van der Waals surface area contributed by atoms with Gasteiger partial charge in [-0.05, 0) is 24.9 Å². The van der Waals surface area contributed by atoms with Crippen molar-refractivity contribution in [2.45, 2.75) is 18.4 Å². The van der Waals surface area contributed by atoms with Crippen molar-refractivity contribution in [1.82, 2.24) is 10.2 Å². The van der Waals surface area contributed by atoms with E-state index in [0.29, 0.717) is 12.0 Å². The Morgan fingerprint density at radius 3 is 3.06 bits per heavy atom. The Kier molecular flexibility index (Phi) is 4.35. The van der Waals surface area contributed by atoms with E-state index in [2.05, 4.69) is 27.7 Å². The molecule has 2 heterocycles. The lowest BCUT2D eigenvalue weighted by Gasteiger charge is -2.37. The van der Waals surface area contributed by atoms with Gasteiger partial charge in [0.15, 0.2) is 0 Å². The van der Waals surface area contributed by atoms with Crippen LogP contribution >= 0.6 is 11.3 Å². The molecule has 3 nitrogen and oxygen atoms in total. The summed E-state index contributed by atoms with van der Waals surface area (Å²) in [6.07, 6.45) is 1.21. The van der Waals surface area contributed by atoms with Gasteiger partial charge < -0.3 is 10.4 Å². The highest BCUT2D eigenvalue weighted by Crippen LogP contribution is 2.29. The topological polar surface area (TPSA) is 35.5 Å². The molecule has 0 radical (unpaired) electrons. The van der Waals surface area contributed by atoms with Gasteiger partial charge in [0, 0.05) is 36.5 Å². The molecule has 0 amide bonds.